The van der Waals surface area contributed by atoms with E-state index in [4.69, 9.17) is 16.3 Å². The molecule has 1 N–H and O–H groups in total. The second-order valence-corrected chi connectivity index (χ2v) is 7.23. The highest BCUT2D eigenvalue weighted by Gasteiger charge is 2.08. The van der Waals surface area contributed by atoms with Gasteiger partial charge in [-0.3, -0.25) is 14.0 Å². The third-order valence-corrected chi connectivity index (χ3v) is 4.69. The monoisotopic (exact) mass is 419 g/mol. The molecule has 30 heavy (non-hydrogen) atoms. The summed E-state index contributed by atoms with van der Waals surface area (Å²) in [6, 6.07) is 19.2. The van der Waals surface area contributed by atoms with E-state index < -0.39 is 0 Å². The quantitative estimate of drug-likeness (QED) is 0.517. The van der Waals surface area contributed by atoms with Crippen molar-refractivity contribution in [1.29, 1.82) is 0 Å². The van der Waals surface area contributed by atoms with Gasteiger partial charge in [0.15, 0.2) is 0 Å². The first-order chi connectivity index (χ1) is 14.5. The van der Waals surface area contributed by atoms with Crippen LogP contribution in [-0.4, -0.2) is 15.3 Å². The molecule has 0 unspecified atom stereocenters. The Bertz CT molecular complexity index is 1280. The number of ether oxygens (including phenoxy) is 1. The van der Waals surface area contributed by atoms with Crippen LogP contribution in [0, 0.1) is 6.92 Å². The molecule has 0 aliphatic heterocycles. The van der Waals surface area contributed by atoms with Gasteiger partial charge in [0.2, 0.25) is 0 Å². The summed E-state index contributed by atoms with van der Waals surface area (Å²) in [4.78, 5) is 29.1. The lowest BCUT2D eigenvalue weighted by Gasteiger charge is -2.10. The average molecular weight is 420 g/mol. The molecule has 2 aromatic heterocycles. The number of hydrogen-bond acceptors (Lipinski definition) is 4. The zero-order valence-electron chi connectivity index (χ0n) is 16.1. The van der Waals surface area contributed by atoms with Crippen LogP contribution in [0.1, 0.15) is 21.6 Å². The van der Waals surface area contributed by atoms with Crippen molar-refractivity contribution in [3.63, 3.8) is 0 Å². The molecule has 4 rings (SSSR count). The minimum Gasteiger partial charge on any atom is -0.487 e. The largest absolute Gasteiger partial charge is 0.487 e. The van der Waals surface area contributed by atoms with Gasteiger partial charge in [-0.05, 0) is 43.3 Å². The third kappa shape index (κ3) is 4.50. The first-order valence-corrected chi connectivity index (χ1v) is 9.64. The molecule has 2 aromatic carbocycles. The molecule has 7 heteroatoms. The van der Waals surface area contributed by atoms with E-state index in [-0.39, 0.29) is 18.1 Å². The highest BCUT2D eigenvalue weighted by atomic mass is 35.5. The second kappa shape index (κ2) is 8.39. The summed E-state index contributed by atoms with van der Waals surface area (Å²) in [6.07, 6.45) is 1.52. The molecule has 0 radical (unpaired) electrons. The van der Waals surface area contributed by atoms with Crippen LogP contribution in [-0.2, 0) is 6.61 Å². The first kappa shape index (κ1) is 19.7. The number of carbonyl (C=O) groups is 1. The van der Waals surface area contributed by atoms with Crippen molar-refractivity contribution >= 4 is 28.8 Å². The number of aromatic nitrogens is 2. The predicted molar refractivity (Wildman–Crippen MR) is 116 cm³/mol. The standard InChI is InChI=1S/C23H18ClN3O3/c1-15-5-7-16(8-6-15)23(29)26-18-3-2-4-20(11-18)30-14-19-12-22(28)27-13-17(24)9-10-21(27)25-19/h2-13H,14H2,1H3,(H,26,29). The summed E-state index contributed by atoms with van der Waals surface area (Å²) in [5, 5.41) is 3.31. The summed E-state index contributed by atoms with van der Waals surface area (Å²) in [5.41, 5.74) is 3.03. The van der Waals surface area contributed by atoms with E-state index in [0.29, 0.717) is 33.4 Å². The van der Waals surface area contributed by atoms with E-state index in [9.17, 15) is 9.59 Å². The molecule has 0 atom stereocenters. The SMILES string of the molecule is Cc1ccc(C(=O)Nc2cccc(OCc3cc(=O)n4cc(Cl)ccc4n3)c2)cc1. The predicted octanol–water partition coefficient (Wildman–Crippen LogP) is 4.49. The van der Waals surface area contributed by atoms with E-state index in [1.807, 2.05) is 19.1 Å². The number of amides is 1. The second-order valence-electron chi connectivity index (χ2n) is 6.80. The maximum atomic E-state index is 12.4. The number of aryl methyl sites for hydroxylation is 1. The van der Waals surface area contributed by atoms with E-state index in [0.717, 1.165) is 5.56 Å². The van der Waals surface area contributed by atoms with Crippen LogP contribution in [0.4, 0.5) is 5.69 Å². The molecule has 6 nitrogen and oxygen atoms in total. The van der Waals surface area contributed by atoms with Gasteiger partial charge in [-0.25, -0.2) is 4.98 Å². The van der Waals surface area contributed by atoms with Crippen molar-refractivity contribution in [2.45, 2.75) is 13.5 Å². The fourth-order valence-electron chi connectivity index (χ4n) is 2.93. The lowest BCUT2D eigenvalue weighted by atomic mass is 10.1. The van der Waals surface area contributed by atoms with Gasteiger partial charge in [0.05, 0.1) is 10.7 Å². The van der Waals surface area contributed by atoms with Crippen molar-refractivity contribution in [2.24, 2.45) is 0 Å². The van der Waals surface area contributed by atoms with Crippen LogP contribution in [0.3, 0.4) is 0 Å². The van der Waals surface area contributed by atoms with Gasteiger partial charge in [0.25, 0.3) is 11.5 Å². The summed E-state index contributed by atoms with van der Waals surface area (Å²) in [5.74, 6) is 0.352. The van der Waals surface area contributed by atoms with Crippen LogP contribution in [0.5, 0.6) is 5.75 Å². The van der Waals surface area contributed by atoms with Crippen LogP contribution in [0.2, 0.25) is 5.02 Å². The van der Waals surface area contributed by atoms with E-state index in [2.05, 4.69) is 10.3 Å². The summed E-state index contributed by atoms with van der Waals surface area (Å²) >= 11 is 5.93. The van der Waals surface area contributed by atoms with Gasteiger partial charge in [-0.15, -0.1) is 0 Å². The van der Waals surface area contributed by atoms with Crippen LogP contribution in [0.25, 0.3) is 5.65 Å². The number of halogens is 1. The Hall–Kier alpha value is -3.64. The maximum absolute atomic E-state index is 12.4. The van der Waals surface area contributed by atoms with Crippen LogP contribution < -0.4 is 15.6 Å². The first-order valence-electron chi connectivity index (χ1n) is 9.27. The Morgan fingerprint density at radius 2 is 1.90 bits per heavy atom. The Kier molecular flexibility index (Phi) is 5.50. The van der Waals surface area contributed by atoms with E-state index in [1.165, 1.54) is 16.7 Å². The number of hydrogen-bond donors (Lipinski definition) is 1. The number of carbonyl (C=O) groups excluding carboxylic acids is 1. The van der Waals surface area contributed by atoms with Gasteiger partial charge in [-0.2, -0.15) is 0 Å². The molecule has 0 bridgehead atoms. The van der Waals surface area contributed by atoms with Crippen LogP contribution >= 0.6 is 11.6 Å². The summed E-state index contributed by atoms with van der Waals surface area (Å²) in [7, 11) is 0. The molecule has 4 aromatic rings. The molecule has 0 spiro atoms. The molecule has 2 heterocycles. The molecule has 0 aliphatic carbocycles. The summed E-state index contributed by atoms with van der Waals surface area (Å²) in [6.45, 7) is 2.08. The van der Waals surface area contributed by atoms with E-state index >= 15 is 0 Å². The summed E-state index contributed by atoms with van der Waals surface area (Å²) < 4.78 is 7.16. The Labute approximate surface area is 177 Å². The van der Waals surface area contributed by atoms with Gasteiger partial charge < -0.3 is 10.1 Å². The van der Waals surface area contributed by atoms with Crippen molar-refractivity contribution in [3.05, 3.63) is 105 Å². The number of nitrogens with one attached hydrogen (secondary N) is 1. The fourth-order valence-corrected chi connectivity index (χ4v) is 3.09. The minimum atomic E-state index is -0.236. The maximum Gasteiger partial charge on any atom is 0.258 e. The van der Waals surface area contributed by atoms with Gasteiger partial charge >= 0.3 is 0 Å². The van der Waals surface area contributed by atoms with Gasteiger partial charge in [0.1, 0.15) is 18.0 Å². The molecule has 0 saturated carbocycles. The van der Waals surface area contributed by atoms with Gasteiger partial charge in [-0.1, -0.05) is 35.4 Å². The van der Waals surface area contributed by atoms with Crippen molar-refractivity contribution in [3.8, 4) is 5.75 Å². The van der Waals surface area contributed by atoms with Crippen molar-refractivity contribution in [1.82, 2.24) is 9.38 Å². The number of benzene rings is 2. The molecule has 0 fully saturated rings. The zero-order valence-corrected chi connectivity index (χ0v) is 16.9. The highest BCUT2D eigenvalue weighted by molar-refractivity contribution is 6.30. The number of anilines is 1. The normalized spacial score (nSPS) is 10.7. The highest BCUT2D eigenvalue weighted by Crippen LogP contribution is 2.19. The van der Waals surface area contributed by atoms with E-state index in [1.54, 1.807) is 48.5 Å². The molecule has 0 saturated heterocycles. The lowest BCUT2D eigenvalue weighted by Crippen LogP contribution is -2.16. The zero-order chi connectivity index (χ0) is 21.1. The lowest BCUT2D eigenvalue weighted by molar-refractivity contribution is 0.102. The van der Waals surface area contributed by atoms with Crippen molar-refractivity contribution < 1.29 is 9.53 Å². The molecule has 0 aliphatic rings. The Balaban J connectivity index is 1.46. The Morgan fingerprint density at radius 3 is 2.70 bits per heavy atom. The Morgan fingerprint density at radius 1 is 1.10 bits per heavy atom. The topological polar surface area (TPSA) is 72.7 Å². The number of nitrogens with zero attached hydrogens (tertiary/aromatic N) is 2. The molecular formula is C23H18ClN3O3. The fraction of sp³-hybridized carbons (Fsp3) is 0.0870. The van der Waals surface area contributed by atoms with Gasteiger partial charge in [0, 0.05) is 29.6 Å². The molecule has 1 amide bonds. The smallest absolute Gasteiger partial charge is 0.258 e. The van der Waals surface area contributed by atoms with Crippen LogP contribution in [0.15, 0.2) is 77.7 Å². The molecule has 150 valence electrons. The third-order valence-electron chi connectivity index (χ3n) is 4.47. The average Bonchev–Trinajstić information content (AvgIpc) is 2.73. The minimum absolute atomic E-state index is 0.115. The molecular weight excluding hydrogens is 402 g/mol. The number of pyridine rings is 1. The van der Waals surface area contributed by atoms with Crippen molar-refractivity contribution in [2.75, 3.05) is 5.32 Å². The number of rotatable bonds is 5. The number of fused-ring (bicyclic) bond motifs is 1.